The van der Waals surface area contributed by atoms with Gasteiger partial charge in [-0.2, -0.15) is 4.99 Å². The second kappa shape index (κ2) is 5.47. The van der Waals surface area contributed by atoms with Gasteiger partial charge >= 0.3 is 0 Å². The van der Waals surface area contributed by atoms with Gasteiger partial charge in [-0.25, -0.2) is 15.0 Å². The van der Waals surface area contributed by atoms with Crippen molar-refractivity contribution in [3.05, 3.63) is 29.0 Å². The number of aryl methyl sites for hydroxylation is 3. The Bertz CT molecular complexity index is 929. The van der Waals surface area contributed by atoms with Crippen LogP contribution in [0.2, 0.25) is 0 Å². The van der Waals surface area contributed by atoms with Gasteiger partial charge in [-0.3, -0.25) is 10.1 Å². The molecule has 0 radical (unpaired) electrons. The molecule has 1 aliphatic carbocycles. The Balaban J connectivity index is 1.80. The predicted molar refractivity (Wildman–Crippen MR) is 93.8 cm³/mol. The fourth-order valence-corrected chi connectivity index (χ4v) is 3.52. The third-order valence-corrected chi connectivity index (χ3v) is 4.65. The third kappa shape index (κ3) is 2.48. The summed E-state index contributed by atoms with van der Waals surface area (Å²) in [7, 11) is 0. The normalized spacial score (nSPS) is 21.8. The zero-order chi connectivity index (χ0) is 16.8. The maximum absolute atomic E-state index is 12.1. The summed E-state index contributed by atoms with van der Waals surface area (Å²) in [5.74, 6) is 0.550. The van der Waals surface area contributed by atoms with Gasteiger partial charge in [-0.05, 0) is 51.7 Å². The first kappa shape index (κ1) is 14.9. The van der Waals surface area contributed by atoms with Gasteiger partial charge in [0.2, 0.25) is 11.9 Å². The van der Waals surface area contributed by atoms with Crippen LogP contribution < -0.4 is 5.32 Å². The summed E-state index contributed by atoms with van der Waals surface area (Å²) >= 11 is 0. The van der Waals surface area contributed by atoms with Gasteiger partial charge < -0.3 is 0 Å². The minimum Gasteiger partial charge on any atom is -0.294 e. The van der Waals surface area contributed by atoms with E-state index in [0.29, 0.717) is 11.9 Å². The topological polar surface area (TPSA) is 79.6 Å². The molecule has 6 heteroatoms. The van der Waals surface area contributed by atoms with Crippen molar-refractivity contribution in [2.75, 3.05) is 0 Å². The van der Waals surface area contributed by atoms with Crippen LogP contribution in [0, 0.1) is 26.7 Å². The van der Waals surface area contributed by atoms with Crippen molar-refractivity contribution in [1.82, 2.24) is 15.3 Å². The van der Waals surface area contributed by atoms with E-state index in [0.717, 1.165) is 47.1 Å². The number of carbonyl (C=O) groups is 1. The van der Waals surface area contributed by atoms with E-state index in [9.17, 15) is 4.79 Å². The molecule has 1 fully saturated rings. The average Bonchev–Trinajstić information content (AvgIpc) is 2.97. The Morgan fingerprint density at radius 2 is 2.04 bits per heavy atom. The molecule has 122 valence electrons. The van der Waals surface area contributed by atoms with Crippen LogP contribution in [0.4, 0.5) is 5.95 Å². The van der Waals surface area contributed by atoms with Crippen LogP contribution in [0.3, 0.4) is 0 Å². The lowest BCUT2D eigenvalue weighted by molar-refractivity contribution is -0.121. The number of rotatable bonds is 1. The summed E-state index contributed by atoms with van der Waals surface area (Å²) in [4.78, 5) is 30.0. The Kier molecular flexibility index (Phi) is 3.40. The number of carbonyl (C=O) groups excluding carboxylic acids is 1. The minimum atomic E-state index is -0.0755. The van der Waals surface area contributed by atoms with Gasteiger partial charge in [0.05, 0.1) is 17.1 Å². The average molecular weight is 321 g/mol. The standard InChI is InChI=1S/C18H19N5O/c1-9-7-10(2)15-13(8-9)11(3)19-17(21-15)23-18-20-14-6-4-5-12(14)16(24)22-18/h7-8,12H,4-6H2,1-3H3,(H,19,21,22,23,24). The smallest absolute Gasteiger partial charge is 0.253 e. The number of benzene rings is 1. The van der Waals surface area contributed by atoms with Gasteiger partial charge in [0.15, 0.2) is 0 Å². The Morgan fingerprint density at radius 3 is 2.88 bits per heavy atom. The molecular formula is C18H19N5O. The number of aliphatic imine (C=N–C) groups is 2. The first-order valence-corrected chi connectivity index (χ1v) is 8.24. The summed E-state index contributed by atoms with van der Waals surface area (Å²) in [6.07, 6.45) is 2.75. The van der Waals surface area contributed by atoms with Crippen molar-refractivity contribution < 1.29 is 4.79 Å². The molecule has 1 unspecified atom stereocenters. The molecule has 1 N–H and O–H groups in total. The number of nitrogens with one attached hydrogen (secondary N) is 1. The van der Waals surface area contributed by atoms with E-state index < -0.39 is 0 Å². The lowest BCUT2D eigenvalue weighted by Crippen LogP contribution is -2.41. The zero-order valence-corrected chi connectivity index (χ0v) is 14.1. The summed E-state index contributed by atoms with van der Waals surface area (Å²) in [5.41, 5.74) is 4.97. The van der Waals surface area contributed by atoms with Crippen LogP contribution in [0.5, 0.6) is 0 Å². The molecular weight excluding hydrogens is 302 g/mol. The number of nitrogens with zero attached hydrogens (tertiary/aromatic N) is 4. The van der Waals surface area contributed by atoms with E-state index in [2.05, 4.69) is 44.3 Å². The highest BCUT2D eigenvalue weighted by Gasteiger charge is 2.33. The molecule has 1 amide bonds. The first-order chi connectivity index (χ1) is 11.5. The highest BCUT2D eigenvalue weighted by atomic mass is 16.2. The molecule has 1 aliphatic heterocycles. The number of hydrogen-bond donors (Lipinski definition) is 1. The molecule has 1 atom stereocenters. The summed E-state index contributed by atoms with van der Waals surface area (Å²) in [5, 5.41) is 3.80. The molecule has 0 bridgehead atoms. The van der Waals surface area contributed by atoms with E-state index in [1.165, 1.54) is 5.56 Å². The van der Waals surface area contributed by atoms with Crippen molar-refractivity contribution in [1.29, 1.82) is 0 Å². The molecule has 24 heavy (non-hydrogen) atoms. The van der Waals surface area contributed by atoms with Crippen LogP contribution in [-0.2, 0) is 4.79 Å². The van der Waals surface area contributed by atoms with Gasteiger partial charge in [0.25, 0.3) is 5.95 Å². The Hall–Kier alpha value is -2.63. The molecule has 0 spiro atoms. The molecule has 4 rings (SSSR count). The van der Waals surface area contributed by atoms with Gasteiger partial charge in [-0.15, -0.1) is 0 Å². The van der Waals surface area contributed by atoms with Gasteiger partial charge in [0, 0.05) is 11.1 Å². The molecule has 0 saturated heterocycles. The van der Waals surface area contributed by atoms with Crippen LogP contribution in [0.1, 0.15) is 36.1 Å². The maximum Gasteiger partial charge on any atom is 0.253 e. The predicted octanol–water partition coefficient (Wildman–Crippen LogP) is 2.91. The van der Waals surface area contributed by atoms with Crippen molar-refractivity contribution in [3.63, 3.8) is 0 Å². The van der Waals surface area contributed by atoms with E-state index in [1.807, 2.05) is 13.8 Å². The number of guanidine groups is 1. The maximum atomic E-state index is 12.1. The Morgan fingerprint density at radius 1 is 1.21 bits per heavy atom. The number of fused-ring (bicyclic) bond motifs is 2. The molecule has 6 nitrogen and oxygen atoms in total. The number of amides is 1. The highest BCUT2D eigenvalue weighted by molar-refractivity contribution is 6.18. The van der Waals surface area contributed by atoms with Crippen LogP contribution in [0.15, 0.2) is 22.1 Å². The monoisotopic (exact) mass is 321 g/mol. The van der Waals surface area contributed by atoms with Crippen LogP contribution in [-0.4, -0.2) is 27.5 Å². The molecule has 1 aromatic heterocycles. The highest BCUT2D eigenvalue weighted by Crippen LogP contribution is 2.26. The summed E-state index contributed by atoms with van der Waals surface area (Å²) in [6, 6.07) is 4.18. The van der Waals surface area contributed by atoms with E-state index >= 15 is 0 Å². The molecule has 2 aliphatic rings. The van der Waals surface area contributed by atoms with Gasteiger partial charge in [-0.1, -0.05) is 11.6 Å². The lowest BCUT2D eigenvalue weighted by atomic mass is 10.0. The SMILES string of the molecule is Cc1cc(C)c2nc(/N=C3/N=C4CCCC4C(=O)N3)nc(C)c2c1. The first-order valence-electron chi connectivity index (χ1n) is 8.24. The quantitative estimate of drug-likeness (QED) is 0.877. The van der Waals surface area contributed by atoms with Crippen molar-refractivity contribution >= 4 is 34.4 Å². The molecule has 1 saturated carbocycles. The fourth-order valence-electron chi connectivity index (χ4n) is 3.52. The molecule has 2 aromatic rings. The lowest BCUT2D eigenvalue weighted by Gasteiger charge is -2.17. The molecule has 2 heterocycles. The molecule has 1 aromatic carbocycles. The second-order valence-corrected chi connectivity index (χ2v) is 6.56. The van der Waals surface area contributed by atoms with Crippen molar-refractivity contribution in [2.24, 2.45) is 15.9 Å². The zero-order valence-electron chi connectivity index (χ0n) is 14.1. The van der Waals surface area contributed by atoms with Crippen molar-refractivity contribution in [2.45, 2.75) is 40.0 Å². The second-order valence-electron chi connectivity index (χ2n) is 6.56. The summed E-state index contributed by atoms with van der Waals surface area (Å²) < 4.78 is 0. The number of aromatic nitrogens is 2. The third-order valence-electron chi connectivity index (χ3n) is 4.65. The fraction of sp³-hybridized carbons (Fsp3) is 0.389. The van der Waals surface area contributed by atoms with Crippen LogP contribution in [0.25, 0.3) is 10.9 Å². The summed E-state index contributed by atoms with van der Waals surface area (Å²) in [6.45, 7) is 6.04. The van der Waals surface area contributed by atoms with Crippen molar-refractivity contribution in [3.8, 4) is 0 Å². The largest absolute Gasteiger partial charge is 0.294 e. The van der Waals surface area contributed by atoms with E-state index in [1.54, 1.807) is 0 Å². The minimum absolute atomic E-state index is 0.0134. The van der Waals surface area contributed by atoms with Crippen LogP contribution >= 0.6 is 0 Å². The van der Waals surface area contributed by atoms with Gasteiger partial charge in [0.1, 0.15) is 0 Å². The van der Waals surface area contributed by atoms with E-state index in [4.69, 9.17) is 0 Å². The Labute approximate surface area is 140 Å². The number of hydrogen-bond acceptors (Lipinski definition) is 4. The van der Waals surface area contributed by atoms with E-state index in [-0.39, 0.29) is 11.8 Å².